The Morgan fingerprint density at radius 3 is 2.63 bits per heavy atom. The number of fused-ring (bicyclic) bond motifs is 1. The number of piperazine rings is 1. The number of amides is 2. The van der Waals surface area contributed by atoms with Crippen molar-refractivity contribution in [3.8, 4) is 11.1 Å². The first kappa shape index (κ1) is 30.9. The van der Waals surface area contributed by atoms with E-state index < -0.39 is 6.10 Å². The summed E-state index contributed by atoms with van der Waals surface area (Å²) in [4.78, 5) is 44.1. The number of aromatic nitrogens is 4. The molecule has 0 spiro atoms. The van der Waals surface area contributed by atoms with Crippen molar-refractivity contribution in [2.24, 2.45) is 5.92 Å². The minimum Gasteiger partial charge on any atom is -0.390 e. The van der Waals surface area contributed by atoms with E-state index >= 15 is 0 Å². The third-order valence-electron chi connectivity index (χ3n) is 9.67. The fourth-order valence-electron chi connectivity index (χ4n) is 6.94. The molecule has 3 aliphatic rings. The van der Waals surface area contributed by atoms with Gasteiger partial charge in [-0.15, -0.1) is 0 Å². The number of hydrogen-bond donors (Lipinski definition) is 2. The molecule has 1 aromatic carbocycles. The van der Waals surface area contributed by atoms with Crippen molar-refractivity contribution in [3.05, 3.63) is 53.4 Å². The average molecular weight is 646 g/mol. The van der Waals surface area contributed by atoms with Crippen LogP contribution in [-0.4, -0.2) is 90.8 Å². The summed E-state index contributed by atoms with van der Waals surface area (Å²) in [6.45, 7) is 8.06. The summed E-state index contributed by atoms with van der Waals surface area (Å²) in [5, 5.41) is 17.5. The number of aliphatic hydroxyl groups is 1. The molecule has 2 N–H and O–H groups in total. The Bertz CT molecular complexity index is 1710. The van der Waals surface area contributed by atoms with Crippen LogP contribution in [-0.2, 0) is 16.1 Å². The van der Waals surface area contributed by atoms with Gasteiger partial charge in [-0.05, 0) is 70.6 Å². The van der Waals surface area contributed by atoms with Crippen molar-refractivity contribution in [2.75, 3.05) is 25.0 Å². The number of benzene rings is 1. The van der Waals surface area contributed by atoms with Gasteiger partial charge in [0.2, 0.25) is 5.91 Å². The second kappa shape index (κ2) is 12.8. The molecule has 2 aliphatic carbocycles. The predicted molar refractivity (Wildman–Crippen MR) is 172 cm³/mol. The number of ether oxygens (including phenoxy) is 1. The normalized spacial score (nSPS) is 25.1. The second-order valence-corrected chi connectivity index (χ2v) is 13.8. The van der Waals surface area contributed by atoms with Crippen LogP contribution in [0.25, 0.3) is 21.3 Å². The maximum atomic E-state index is 13.1. The monoisotopic (exact) mass is 645 g/mol. The highest BCUT2D eigenvalue weighted by molar-refractivity contribution is 7.22. The molecule has 3 aromatic heterocycles. The number of hydrogen-bond acceptors (Lipinski definition) is 11. The molecule has 0 unspecified atom stereocenters. The van der Waals surface area contributed by atoms with Crippen molar-refractivity contribution >= 4 is 38.5 Å². The second-order valence-electron chi connectivity index (χ2n) is 12.8. The lowest BCUT2D eigenvalue weighted by Gasteiger charge is -2.49. The Hall–Kier alpha value is -3.78. The van der Waals surface area contributed by atoms with Gasteiger partial charge in [-0.25, -0.2) is 15.0 Å². The molecular weight excluding hydrogens is 606 g/mol. The zero-order chi connectivity index (χ0) is 31.9. The van der Waals surface area contributed by atoms with Crippen LogP contribution in [0.4, 0.5) is 5.13 Å². The van der Waals surface area contributed by atoms with Crippen LogP contribution >= 0.6 is 11.3 Å². The maximum Gasteiger partial charge on any atom is 0.259 e. The SMILES string of the molecule is Cc1noc(C)c1C(=O)N1CCN(C2CC(C(=O)Nc3nc4ccc(-c5cnc(CO[C@H]6CCC[C@@H]6O)nc5)cc4s3)C2)[C@@H](C)C1. The van der Waals surface area contributed by atoms with Gasteiger partial charge < -0.3 is 24.6 Å². The van der Waals surface area contributed by atoms with Gasteiger partial charge in [0.15, 0.2) is 11.0 Å². The molecule has 0 radical (unpaired) electrons. The highest BCUT2D eigenvalue weighted by Gasteiger charge is 2.42. The Morgan fingerprint density at radius 2 is 1.93 bits per heavy atom. The lowest BCUT2D eigenvalue weighted by atomic mass is 9.78. The summed E-state index contributed by atoms with van der Waals surface area (Å²) in [5.74, 6) is 1.07. The fourth-order valence-corrected chi connectivity index (χ4v) is 7.85. The molecule has 1 saturated heterocycles. The Morgan fingerprint density at radius 1 is 1.13 bits per heavy atom. The van der Waals surface area contributed by atoms with E-state index in [1.165, 1.54) is 11.3 Å². The van der Waals surface area contributed by atoms with Gasteiger partial charge in [0.25, 0.3) is 5.91 Å². The summed E-state index contributed by atoms with van der Waals surface area (Å²) >= 11 is 1.46. The van der Waals surface area contributed by atoms with Crippen LogP contribution in [0.5, 0.6) is 0 Å². The number of rotatable bonds is 8. The molecule has 46 heavy (non-hydrogen) atoms. The molecular formula is C33H39N7O5S. The first-order chi connectivity index (χ1) is 22.2. The van der Waals surface area contributed by atoms with E-state index in [0.717, 1.165) is 60.0 Å². The molecule has 4 heterocycles. The third-order valence-corrected chi connectivity index (χ3v) is 10.6. The zero-order valence-electron chi connectivity index (χ0n) is 26.3. The van der Waals surface area contributed by atoms with Crippen LogP contribution in [0.15, 0.2) is 35.1 Å². The largest absolute Gasteiger partial charge is 0.390 e. The molecule has 7 rings (SSSR count). The Kier molecular flexibility index (Phi) is 8.57. The lowest BCUT2D eigenvalue weighted by Crippen LogP contribution is -2.60. The van der Waals surface area contributed by atoms with Gasteiger partial charge in [-0.2, -0.15) is 0 Å². The summed E-state index contributed by atoms with van der Waals surface area (Å²) in [6.07, 6.45) is 7.25. The van der Waals surface area contributed by atoms with Crippen molar-refractivity contribution in [1.82, 2.24) is 29.9 Å². The first-order valence-corrected chi connectivity index (χ1v) is 16.9. The molecule has 3 fully saturated rings. The van der Waals surface area contributed by atoms with E-state index in [1.807, 2.05) is 23.1 Å². The van der Waals surface area contributed by atoms with Crippen LogP contribution in [0.3, 0.4) is 0 Å². The lowest BCUT2D eigenvalue weighted by molar-refractivity contribution is -0.125. The number of nitrogens with zero attached hydrogens (tertiary/aromatic N) is 6. The number of carbonyl (C=O) groups is 2. The van der Waals surface area contributed by atoms with E-state index in [0.29, 0.717) is 47.1 Å². The average Bonchev–Trinajstić information content (AvgIpc) is 3.72. The summed E-state index contributed by atoms with van der Waals surface area (Å²) in [6, 6.07) is 6.51. The van der Waals surface area contributed by atoms with E-state index in [-0.39, 0.29) is 36.5 Å². The third kappa shape index (κ3) is 6.16. The fraction of sp³-hybridized carbons (Fsp3) is 0.515. The quantitative estimate of drug-likeness (QED) is 0.284. The summed E-state index contributed by atoms with van der Waals surface area (Å²) < 4.78 is 12.0. The number of thiazole rings is 1. The molecule has 4 aromatic rings. The van der Waals surface area contributed by atoms with E-state index in [1.54, 1.807) is 26.2 Å². The Labute approximate surface area is 271 Å². The van der Waals surface area contributed by atoms with Gasteiger partial charge >= 0.3 is 0 Å². The molecule has 2 saturated carbocycles. The minimum atomic E-state index is -0.401. The van der Waals surface area contributed by atoms with Crippen molar-refractivity contribution in [1.29, 1.82) is 0 Å². The van der Waals surface area contributed by atoms with Gasteiger partial charge in [0.1, 0.15) is 17.9 Å². The van der Waals surface area contributed by atoms with E-state index in [2.05, 4.69) is 37.2 Å². The van der Waals surface area contributed by atoms with Gasteiger partial charge in [0.05, 0.1) is 28.1 Å². The molecule has 1 aliphatic heterocycles. The van der Waals surface area contributed by atoms with E-state index in [4.69, 9.17) is 9.26 Å². The molecule has 13 heteroatoms. The zero-order valence-corrected chi connectivity index (χ0v) is 27.1. The predicted octanol–water partition coefficient (Wildman–Crippen LogP) is 4.35. The molecule has 242 valence electrons. The van der Waals surface area contributed by atoms with Crippen LogP contribution in [0.1, 0.15) is 66.7 Å². The highest BCUT2D eigenvalue weighted by Crippen LogP contribution is 2.36. The standard InChI is InChI=1S/C33H39N7O5S/c1-18-16-39(32(43)30-19(2)38-45-20(30)3)9-10-40(18)24-11-22(12-24)31(42)37-33-36-25-8-7-21(13-28(25)46-33)23-14-34-29(35-15-23)17-44-27-6-4-5-26(27)41/h7-8,13-15,18,22,24,26-27,41H,4-6,9-12,16-17H2,1-3H3,(H,36,37,42)/t18-,22?,24?,26-,27-/m0/s1. The number of carbonyl (C=O) groups excluding carboxylic acids is 2. The van der Waals surface area contributed by atoms with Crippen LogP contribution < -0.4 is 5.32 Å². The van der Waals surface area contributed by atoms with Crippen LogP contribution in [0, 0.1) is 19.8 Å². The highest BCUT2D eigenvalue weighted by atomic mass is 32.1. The topological polar surface area (TPSA) is 147 Å². The molecule has 2 amide bonds. The molecule has 3 atom stereocenters. The summed E-state index contributed by atoms with van der Waals surface area (Å²) in [5.41, 5.74) is 3.88. The Balaban J connectivity index is 0.906. The number of aryl methyl sites for hydroxylation is 2. The maximum absolute atomic E-state index is 13.1. The van der Waals surface area contributed by atoms with Crippen LogP contribution in [0.2, 0.25) is 0 Å². The molecule has 12 nitrogen and oxygen atoms in total. The smallest absolute Gasteiger partial charge is 0.259 e. The van der Waals surface area contributed by atoms with Crippen molar-refractivity contribution < 1.29 is 24.0 Å². The minimum absolute atomic E-state index is 0.00624. The summed E-state index contributed by atoms with van der Waals surface area (Å²) in [7, 11) is 0. The number of nitrogens with one attached hydrogen (secondary N) is 1. The molecule has 0 bridgehead atoms. The van der Waals surface area contributed by atoms with Crippen molar-refractivity contribution in [2.45, 2.75) is 83.8 Å². The van der Waals surface area contributed by atoms with E-state index in [9.17, 15) is 14.7 Å². The number of aliphatic hydroxyl groups excluding tert-OH is 1. The van der Waals surface area contributed by atoms with Gasteiger partial charge in [-0.3, -0.25) is 14.5 Å². The van der Waals surface area contributed by atoms with Crippen molar-refractivity contribution in [3.63, 3.8) is 0 Å². The van der Waals surface area contributed by atoms with Gasteiger partial charge in [0, 0.05) is 55.6 Å². The first-order valence-electron chi connectivity index (χ1n) is 16.0. The van der Waals surface area contributed by atoms with Gasteiger partial charge in [-0.1, -0.05) is 22.6 Å². The number of anilines is 1.